The van der Waals surface area contributed by atoms with E-state index in [4.69, 9.17) is 0 Å². The van der Waals surface area contributed by atoms with Crippen molar-refractivity contribution in [2.45, 2.75) is 33.5 Å². The molecule has 4 aromatic heterocycles. The number of aromatic amines is 1. The fourth-order valence-electron chi connectivity index (χ4n) is 3.71. The van der Waals surface area contributed by atoms with Crippen molar-refractivity contribution in [1.29, 1.82) is 0 Å². The van der Waals surface area contributed by atoms with Crippen LogP contribution in [0.2, 0.25) is 0 Å². The predicted octanol–water partition coefficient (Wildman–Crippen LogP) is 1.47. The van der Waals surface area contributed by atoms with Crippen molar-refractivity contribution in [2.24, 2.45) is 0 Å². The van der Waals surface area contributed by atoms with Gasteiger partial charge >= 0.3 is 0 Å². The van der Waals surface area contributed by atoms with Crippen molar-refractivity contribution in [3.8, 4) is 10.6 Å². The molecule has 0 aliphatic carbocycles. The quantitative estimate of drug-likeness (QED) is 0.538. The van der Waals surface area contributed by atoms with Crippen molar-refractivity contribution in [1.82, 2.24) is 29.3 Å². The SMILES string of the molecule is Cc1ccc(=O)n(CC(=O)N2Cc3nc4c(C)c(-c5cccs5)[nH]n4c(=O)c3C2)n1. The van der Waals surface area contributed by atoms with E-state index in [-0.39, 0.29) is 36.7 Å². The van der Waals surface area contributed by atoms with Gasteiger partial charge in [-0.3, -0.25) is 19.5 Å². The number of H-pyrrole nitrogens is 1. The van der Waals surface area contributed by atoms with Gasteiger partial charge < -0.3 is 4.90 Å². The summed E-state index contributed by atoms with van der Waals surface area (Å²) >= 11 is 1.59. The largest absolute Gasteiger partial charge is 0.331 e. The number of nitrogens with one attached hydrogen (secondary N) is 1. The molecule has 30 heavy (non-hydrogen) atoms. The van der Waals surface area contributed by atoms with Gasteiger partial charge in [-0.25, -0.2) is 14.2 Å². The van der Waals surface area contributed by atoms with Crippen LogP contribution in [0.3, 0.4) is 0 Å². The number of amides is 1. The number of carbonyl (C=O) groups is 1. The van der Waals surface area contributed by atoms with Crippen LogP contribution in [0.25, 0.3) is 16.2 Å². The summed E-state index contributed by atoms with van der Waals surface area (Å²) in [5.74, 6) is -0.280. The maximum atomic E-state index is 13.1. The van der Waals surface area contributed by atoms with Crippen molar-refractivity contribution < 1.29 is 4.79 Å². The number of carbonyl (C=O) groups excluding carboxylic acids is 1. The van der Waals surface area contributed by atoms with E-state index in [0.29, 0.717) is 22.6 Å². The molecule has 1 N–H and O–H groups in total. The molecule has 1 aliphatic rings. The predicted molar refractivity (Wildman–Crippen MR) is 111 cm³/mol. The Labute approximate surface area is 174 Å². The van der Waals surface area contributed by atoms with Crippen LogP contribution < -0.4 is 11.1 Å². The number of hydrogen-bond acceptors (Lipinski definition) is 6. The Kier molecular flexibility index (Phi) is 4.17. The Morgan fingerprint density at radius 1 is 1.20 bits per heavy atom. The zero-order chi connectivity index (χ0) is 21.0. The lowest BCUT2D eigenvalue weighted by Gasteiger charge is -2.15. The lowest BCUT2D eigenvalue weighted by atomic mass is 10.2. The standard InChI is InChI=1S/C20H18N6O3S/c1-11-5-6-16(27)25(22-11)10-17(28)24-8-13-14(9-24)21-19-12(2)18(15-4-3-7-30-15)23-26(19)20(13)29/h3-7,23H,8-10H2,1-2H3. The van der Waals surface area contributed by atoms with E-state index in [0.717, 1.165) is 20.8 Å². The molecule has 0 atom stereocenters. The van der Waals surface area contributed by atoms with Crippen molar-refractivity contribution in [3.63, 3.8) is 0 Å². The molecule has 0 saturated carbocycles. The normalized spacial score (nSPS) is 13.2. The molecular formula is C20H18N6O3S. The third-order valence-corrected chi connectivity index (χ3v) is 6.18. The van der Waals surface area contributed by atoms with Gasteiger partial charge in [-0.15, -0.1) is 11.3 Å². The lowest BCUT2D eigenvalue weighted by molar-refractivity contribution is -0.132. The highest BCUT2D eigenvalue weighted by molar-refractivity contribution is 7.13. The Morgan fingerprint density at radius 3 is 2.80 bits per heavy atom. The minimum absolute atomic E-state index is 0.163. The molecule has 0 bridgehead atoms. The average Bonchev–Trinajstić information content (AvgIpc) is 3.44. The Bertz CT molecular complexity index is 1410. The van der Waals surface area contributed by atoms with E-state index in [1.807, 2.05) is 24.4 Å². The monoisotopic (exact) mass is 422 g/mol. The summed E-state index contributed by atoms with van der Waals surface area (Å²) in [6.07, 6.45) is 0. The van der Waals surface area contributed by atoms with Gasteiger partial charge in [-0.05, 0) is 31.4 Å². The summed E-state index contributed by atoms with van der Waals surface area (Å²) < 4.78 is 2.59. The van der Waals surface area contributed by atoms with E-state index in [1.54, 1.807) is 24.3 Å². The molecule has 0 aromatic carbocycles. The number of aromatic nitrogens is 5. The van der Waals surface area contributed by atoms with Crippen LogP contribution in [-0.2, 0) is 24.4 Å². The highest BCUT2D eigenvalue weighted by atomic mass is 32.1. The molecular weight excluding hydrogens is 404 g/mol. The second kappa shape index (κ2) is 6.77. The summed E-state index contributed by atoms with van der Waals surface area (Å²) in [6.45, 7) is 3.91. The number of hydrogen-bond donors (Lipinski definition) is 1. The van der Waals surface area contributed by atoms with Crippen LogP contribution in [0, 0.1) is 13.8 Å². The maximum Gasteiger partial charge on any atom is 0.278 e. The van der Waals surface area contributed by atoms with Crippen LogP contribution in [0.5, 0.6) is 0 Å². The highest BCUT2D eigenvalue weighted by Crippen LogP contribution is 2.29. The Balaban J connectivity index is 1.47. The summed E-state index contributed by atoms with van der Waals surface area (Å²) in [6, 6.07) is 6.94. The molecule has 0 saturated heterocycles. The summed E-state index contributed by atoms with van der Waals surface area (Å²) in [4.78, 5) is 45.0. The number of thiophene rings is 1. The number of rotatable bonds is 3. The maximum absolute atomic E-state index is 13.1. The summed E-state index contributed by atoms with van der Waals surface area (Å²) in [7, 11) is 0. The molecule has 0 radical (unpaired) electrons. The zero-order valence-electron chi connectivity index (χ0n) is 16.4. The zero-order valence-corrected chi connectivity index (χ0v) is 17.2. The lowest BCUT2D eigenvalue weighted by Crippen LogP contribution is -2.34. The van der Waals surface area contributed by atoms with Gasteiger partial charge in [-0.2, -0.15) is 5.10 Å². The molecule has 10 heteroatoms. The first-order valence-electron chi connectivity index (χ1n) is 9.42. The molecule has 4 aromatic rings. The third kappa shape index (κ3) is 2.88. The smallest absolute Gasteiger partial charge is 0.278 e. The summed E-state index contributed by atoms with van der Waals surface area (Å²) in [5, 5.41) is 9.24. The molecule has 1 amide bonds. The number of fused-ring (bicyclic) bond motifs is 2. The second-order valence-electron chi connectivity index (χ2n) is 7.31. The molecule has 0 unspecified atom stereocenters. The Morgan fingerprint density at radius 2 is 2.03 bits per heavy atom. The topological polar surface area (TPSA) is 105 Å². The highest BCUT2D eigenvalue weighted by Gasteiger charge is 2.29. The van der Waals surface area contributed by atoms with Gasteiger partial charge in [-0.1, -0.05) is 6.07 Å². The van der Waals surface area contributed by atoms with E-state index in [9.17, 15) is 14.4 Å². The van der Waals surface area contributed by atoms with Crippen LogP contribution in [0.15, 0.2) is 39.2 Å². The molecule has 152 valence electrons. The van der Waals surface area contributed by atoms with Crippen molar-refractivity contribution in [2.75, 3.05) is 0 Å². The van der Waals surface area contributed by atoms with Crippen molar-refractivity contribution >= 4 is 22.9 Å². The van der Waals surface area contributed by atoms with E-state index in [1.165, 1.54) is 15.5 Å². The number of aryl methyl sites for hydroxylation is 2. The van der Waals surface area contributed by atoms with Crippen LogP contribution >= 0.6 is 11.3 Å². The van der Waals surface area contributed by atoms with Gasteiger partial charge in [0.2, 0.25) is 5.91 Å². The fraction of sp³-hybridized carbons (Fsp3) is 0.250. The molecule has 0 spiro atoms. The first kappa shape index (κ1) is 18.5. The van der Waals surface area contributed by atoms with E-state index in [2.05, 4.69) is 15.2 Å². The molecule has 9 nitrogen and oxygen atoms in total. The summed E-state index contributed by atoms with van der Waals surface area (Å²) in [5.41, 5.74) is 3.51. The minimum atomic E-state index is -0.339. The van der Waals surface area contributed by atoms with Gasteiger partial charge in [0, 0.05) is 11.6 Å². The van der Waals surface area contributed by atoms with Crippen LogP contribution in [0.4, 0.5) is 0 Å². The van der Waals surface area contributed by atoms with Crippen molar-refractivity contribution in [3.05, 3.63) is 72.9 Å². The third-order valence-electron chi connectivity index (χ3n) is 5.29. The Hall–Kier alpha value is -3.53. The second-order valence-corrected chi connectivity index (χ2v) is 8.26. The van der Waals surface area contributed by atoms with Gasteiger partial charge in [0.05, 0.1) is 40.6 Å². The molecule has 5 rings (SSSR count). The first-order chi connectivity index (χ1) is 14.4. The average molecular weight is 422 g/mol. The fourth-order valence-corrected chi connectivity index (χ4v) is 4.49. The van der Waals surface area contributed by atoms with Crippen LogP contribution in [-0.4, -0.2) is 35.2 Å². The van der Waals surface area contributed by atoms with E-state index >= 15 is 0 Å². The van der Waals surface area contributed by atoms with Crippen LogP contribution in [0.1, 0.15) is 22.5 Å². The van der Waals surface area contributed by atoms with Gasteiger partial charge in [0.15, 0.2) is 5.65 Å². The molecule has 1 aliphatic heterocycles. The minimum Gasteiger partial charge on any atom is -0.331 e. The number of nitrogens with zero attached hydrogens (tertiary/aromatic N) is 5. The van der Waals surface area contributed by atoms with Gasteiger partial charge in [0.1, 0.15) is 6.54 Å². The molecule has 5 heterocycles. The first-order valence-corrected chi connectivity index (χ1v) is 10.3. The van der Waals surface area contributed by atoms with Gasteiger partial charge in [0.25, 0.3) is 11.1 Å². The molecule has 0 fully saturated rings. The van der Waals surface area contributed by atoms with E-state index < -0.39 is 0 Å².